The van der Waals surface area contributed by atoms with Gasteiger partial charge in [0.05, 0.1) is 5.56 Å². The molecular weight excluding hydrogens is 317 g/mol. The first-order valence-corrected chi connectivity index (χ1v) is 2.59. The van der Waals surface area contributed by atoms with E-state index in [-0.39, 0.29) is 60.0 Å². The average molecular weight is 323 g/mol. The maximum absolute atomic E-state index is 10.2. The summed E-state index contributed by atoms with van der Waals surface area (Å²) in [5, 5.41) is 8.38. The van der Waals surface area contributed by atoms with Crippen LogP contribution in [0.3, 0.4) is 0 Å². The molecule has 0 spiro atoms. The first kappa shape index (κ1) is 14.3. The van der Waals surface area contributed by atoms with E-state index < -0.39 is 5.97 Å². The molecule has 1 aromatic rings. The van der Waals surface area contributed by atoms with Crippen LogP contribution in [-0.4, -0.2) is 11.1 Å². The Kier molecular flexibility index (Phi) is 9.55. The van der Waals surface area contributed by atoms with E-state index >= 15 is 0 Å². The number of hydrogen-bond acceptors (Lipinski definition) is 1. The van der Waals surface area contributed by atoms with Gasteiger partial charge in [-0.05, 0) is 12.1 Å². The van der Waals surface area contributed by atoms with Crippen LogP contribution in [0.4, 0.5) is 0 Å². The zero-order valence-electron chi connectivity index (χ0n) is 6.03. The van der Waals surface area contributed by atoms with Gasteiger partial charge in [0.25, 0.3) is 0 Å². The molecule has 1 radical (unpaired) electrons. The van der Waals surface area contributed by atoms with Gasteiger partial charge in [0.15, 0.2) is 0 Å². The van der Waals surface area contributed by atoms with E-state index in [4.69, 9.17) is 5.11 Å². The first-order valence-electron chi connectivity index (χ1n) is 2.59. The van der Waals surface area contributed by atoms with Crippen LogP contribution in [0.2, 0.25) is 0 Å². The molecule has 1 aromatic carbocycles. The van der Waals surface area contributed by atoms with Gasteiger partial charge in [-0.15, -0.1) is 0 Å². The Morgan fingerprint density at radius 3 is 1.91 bits per heavy atom. The molecule has 0 aliphatic rings. The van der Waals surface area contributed by atoms with E-state index in [0.717, 1.165) is 0 Å². The summed E-state index contributed by atoms with van der Waals surface area (Å²) in [7, 11) is 0. The normalized spacial score (nSPS) is 7.27. The van der Waals surface area contributed by atoms with Crippen molar-refractivity contribution in [3.05, 3.63) is 35.9 Å². The summed E-state index contributed by atoms with van der Waals surface area (Å²) in [5.74, 6) is -0.879. The van der Waals surface area contributed by atoms with E-state index in [1.54, 1.807) is 30.3 Å². The average Bonchev–Trinajstić information content (AvgIpc) is 1.90. The van der Waals surface area contributed by atoms with E-state index in [1.165, 1.54) is 0 Å². The molecule has 0 amide bonds. The third-order valence-corrected chi connectivity index (χ3v) is 1.02. The summed E-state index contributed by atoms with van der Waals surface area (Å²) in [6.45, 7) is 0. The van der Waals surface area contributed by atoms with Gasteiger partial charge in [0.1, 0.15) is 0 Å². The Balaban J connectivity index is 0. The van der Waals surface area contributed by atoms with Gasteiger partial charge in [0.2, 0.25) is 0 Å². The molecule has 0 aliphatic carbocycles. The molecule has 0 atom stereocenters. The van der Waals surface area contributed by atoms with Gasteiger partial charge in [-0.1, -0.05) is 18.2 Å². The molecule has 0 saturated heterocycles. The van der Waals surface area contributed by atoms with E-state index in [9.17, 15) is 4.79 Å². The molecule has 11 heavy (non-hydrogen) atoms. The molecule has 0 unspecified atom stereocenters. The second-order valence-electron chi connectivity index (χ2n) is 1.67. The van der Waals surface area contributed by atoms with Crippen LogP contribution in [0.15, 0.2) is 30.3 Å². The van der Waals surface area contributed by atoms with E-state index in [0.29, 0.717) is 5.56 Å². The van der Waals surface area contributed by atoms with Gasteiger partial charge < -0.3 is 5.11 Å². The summed E-state index contributed by atoms with van der Waals surface area (Å²) in [5.41, 5.74) is 0.331. The number of rotatable bonds is 1. The van der Waals surface area contributed by atoms with Crippen LogP contribution in [0.25, 0.3) is 0 Å². The van der Waals surface area contributed by atoms with Crippen LogP contribution < -0.4 is 0 Å². The fraction of sp³-hybridized carbons (Fsp3) is 0. The maximum Gasteiger partial charge on any atom is 0.335 e. The molecule has 2 nitrogen and oxygen atoms in total. The summed E-state index contributed by atoms with van der Waals surface area (Å²) in [4.78, 5) is 10.2. The largest absolute Gasteiger partial charge is 0.478 e. The van der Waals surface area contributed by atoms with Crippen molar-refractivity contribution in [3.63, 3.8) is 0 Å². The predicted molar refractivity (Wildman–Crippen MR) is 33.4 cm³/mol. The molecule has 0 heterocycles. The molecule has 51 valence electrons. The van der Waals surface area contributed by atoms with Crippen molar-refractivity contribution in [3.8, 4) is 0 Å². The number of carboxylic acid groups (broad SMARTS) is 1. The summed E-state index contributed by atoms with van der Waals surface area (Å²) in [6.07, 6.45) is 0. The molecule has 1 rings (SSSR count). The second kappa shape index (κ2) is 7.37. The quantitative estimate of drug-likeness (QED) is 0.793. The third kappa shape index (κ3) is 5.03. The smallest absolute Gasteiger partial charge is 0.335 e. The van der Waals surface area contributed by atoms with Crippen molar-refractivity contribution >= 4 is 5.97 Å². The standard InChI is InChI=1S/C7H6O2.Cd.Y/c8-7(9)6-4-2-1-3-5-6;;/h1-5H,(H,8,9);;. The fourth-order valence-electron chi connectivity index (χ4n) is 0.581. The molecular formula is C7H6CdO2Y. The minimum Gasteiger partial charge on any atom is -0.478 e. The Labute approximate surface area is 110 Å². The van der Waals surface area contributed by atoms with Gasteiger partial charge in [-0.3, -0.25) is 0 Å². The third-order valence-electron chi connectivity index (χ3n) is 1.02. The summed E-state index contributed by atoms with van der Waals surface area (Å²) < 4.78 is 0. The van der Waals surface area contributed by atoms with Gasteiger partial charge in [-0.25, -0.2) is 4.79 Å². The minimum atomic E-state index is -0.879. The van der Waals surface area contributed by atoms with Crippen LogP contribution in [-0.2, 0) is 60.0 Å². The van der Waals surface area contributed by atoms with E-state index in [1.807, 2.05) is 0 Å². The number of hydrogen-bond donors (Lipinski definition) is 1. The van der Waals surface area contributed by atoms with Crippen molar-refractivity contribution in [2.75, 3.05) is 0 Å². The topological polar surface area (TPSA) is 37.3 Å². The molecule has 0 bridgehead atoms. The molecule has 0 aliphatic heterocycles. The fourth-order valence-corrected chi connectivity index (χ4v) is 0.581. The maximum atomic E-state index is 10.2. The van der Waals surface area contributed by atoms with Crippen LogP contribution in [0, 0.1) is 0 Å². The monoisotopic (exact) mass is 325 g/mol. The number of carbonyl (C=O) groups is 1. The Morgan fingerprint density at radius 2 is 1.64 bits per heavy atom. The van der Waals surface area contributed by atoms with E-state index in [2.05, 4.69) is 0 Å². The Hall–Kier alpha value is 0.716. The molecule has 4 heteroatoms. The molecule has 0 saturated carbocycles. The van der Waals surface area contributed by atoms with Crippen molar-refractivity contribution in [2.24, 2.45) is 0 Å². The second-order valence-corrected chi connectivity index (χ2v) is 1.67. The van der Waals surface area contributed by atoms with Gasteiger partial charge in [-0.2, -0.15) is 0 Å². The molecule has 0 fully saturated rings. The van der Waals surface area contributed by atoms with Crippen molar-refractivity contribution in [1.29, 1.82) is 0 Å². The van der Waals surface area contributed by atoms with Crippen molar-refractivity contribution < 1.29 is 69.9 Å². The Morgan fingerprint density at radius 1 is 1.18 bits per heavy atom. The summed E-state index contributed by atoms with van der Waals surface area (Å²) in [6, 6.07) is 8.30. The number of benzene rings is 1. The number of aromatic carboxylic acids is 1. The zero-order valence-corrected chi connectivity index (χ0v) is 12.9. The van der Waals surface area contributed by atoms with Crippen LogP contribution in [0.1, 0.15) is 10.4 Å². The first-order chi connectivity index (χ1) is 4.30. The molecule has 1 N–H and O–H groups in total. The molecule has 0 aromatic heterocycles. The van der Waals surface area contributed by atoms with Crippen LogP contribution >= 0.6 is 0 Å². The van der Waals surface area contributed by atoms with Crippen molar-refractivity contribution in [2.45, 2.75) is 0 Å². The van der Waals surface area contributed by atoms with Crippen molar-refractivity contribution in [1.82, 2.24) is 0 Å². The Bertz CT molecular complexity index is 213. The SMILES string of the molecule is O=C(O)c1ccccc1.[Cd].[Y]. The van der Waals surface area contributed by atoms with Crippen LogP contribution in [0.5, 0.6) is 0 Å². The predicted octanol–water partition coefficient (Wildman–Crippen LogP) is 1.38. The van der Waals surface area contributed by atoms with Gasteiger partial charge >= 0.3 is 5.97 Å². The zero-order chi connectivity index (χ0) is 6.69. The minimum absolute atomic E-state index is 0. The summed E-state index contributed by atoms with van der Waals surface area (Å²) >= 11 is 0. The van der Waals surface area contributed by atoms with Gasteiger partial charge in [0, 0.05) is 60.0 Å². The number of carboxylic acids is 1.